The van der Waals surface area contributed by atoms with Crippen LogP contribution in [0.3, 0.4) is 0 Å². The molecule has 1 aliphatic rings. The first-order valence-corrected chi connectivity index (χ1v) is 8.01. The molecule has 20 heavy (non-hydrogen) atoms. The molecule has 4 nitrogen and oxygen atoms in total. The lowest BCUT2D eigenvalue weighted by molar-refractivity contribution is 0.682. The van der Waals surface area contributed by atoms with Gasteiger partial charge in [-0.1, -0.05) is 30.3 Å². The Morgan fingerprint density at radius 2 is 2.05 bits per heavy atom. The van der Waals surface area contributed by atoms with Crippen molar-refractivity contribution >= 4 is 23.4 Å². The SMILES string of the molecule is Nc1cc(NC2CCCSC2)nc(-c2ccccc2)n1. The van der Waals surface area contributed by atoms with Gasteiger partial charge in [-0.2, -0.15) is 11.8 Å². The predicted molar refractivity (Wildman–Crippen MR) is 85.9 cm³/mol. The number of thioether (sulfide) groups is 1. The molecule has 3 N–H and O–H groups in total. The van der Waals surface area contributed by atoms with Crippen molar-refractivity contribution < 1.29 is 0 Å². The number of nitrogens with one attached hydrogen (secondary N) is 1. The first-order chi connectivity index (χ1) is 9.81. The number of anilines is 2. The number of benzene rings is 1. The van der Waals surface area contributed by atoms with Crippen molar-refractivity contribution in [1.82, 2.24) is 9.97 Å². The molecule has 1 aromatic carbocycles. The van der Waals surface area contributed by atoms with Gasteiger partial charge in [-0.3, -0.25) is 0 Å². The van der Waals surface area contributed by atoms with E-state index in [0.717, 1.165) is 17.1 Å². The van der Waals surface area contributed by atoms with Crippen molar-refractivity contribution in [1.29, 1.82) is 0 Å². The van der Waals surface area contributed by atoms with Crippen LogP contribution >= 0.6 is 11.8 Å². The van der Waals surface area contributed by atoms with E-state index in [1.54, 1.807) is 0 Å². The fraction of sp³-hybridized carbons (Fsp3) is 0.333. The van der Waals surface area contributed by atoms with E-state index in [4.69, 9.17) is 5.73 Å². The summed E-state index contributed by atoms with van der Waals surface area (Å²) in [6.45, 7) is 0. The third-order valence-electron chi connectivity index (χ3n) is 3.29. The Labute approximate surface area is 123 Å². The van der Waals surface area contributed by atoms with Crippen molar-refractivity contribution in [2.24, 2.45) is 0 Å². The van der Waals surface area contributed by atoms with E-state index < -0.39 is 0 Å². The highest BCUT2D eigenvalue weighted by molar-refractivity contribution is 7.99. The van der Waals surface area contributed by atoms with Crippen molar-refractivity contribution in [2.75, 3.05) is 22.6 Å². The summed E-state index contributed by atoms with van der Waals surface area (Å²) in [6.07, 6.45) is 2.45. The van der Waals surface area contributed by atoms with Gasteiger partial charge in [0.1, 0.15) is 11.6 Å². The van der Waals surface area contributed by atoms with Crippen LogP contribution in [0.15, 0.2) is 36.4 Å². The van der Waals surface area contributed by atoms with Gasteiger partial charge in [0.25, 0.3) is 0 Å². The summed E-state index contributed by atoms with van der Waals surface area (Å²) in [7, 11) is 0. The second kappa shape index (κ2) is 6.13. The molecule has 1 aliphatic heterocycles. The van der Waals surface area contributed by atoms with E-state index in [-0.39, 0.29) is 0 Å². The topological polar surface area (TPSA) is 63.8 Å². The maximum absolute atomic E-state index is 5.91. The van der Waals surface area contributed by atoms with E-state index in [0.29, 0.717) is 17.7 Å². The summed E-state index contributed by atoms with van der Waals surface area (Å²) >= 11 is 1.99. The summed E-state index contributed by atoms with van der Waals surface area (Å²) in [6, 6.07) is 12.2. The van der Waals surface area contributed by atoms with E-state index in [1.807, 2.05) is 48.2 Å². The van der Waals surface area contributed by atoms with Gasteiger partial charge in [-0.15, -0.1) is 0 Å². The van der Waals surface area contributed by atoms with Crippen molar-refractivity contribution in [3.8, 4) is 11.4 Å². The van der Waals surface area contributed by atoms with Crippen LogP contribution in [0.4, 0.5) is 11.6 Å². The highest BCUT2D eigenvalue weighted by Crippen LogP contribution is 2.23. The fourth-order valence-corrected chi connectivity index (χ4v) is 3.39. The molecular weight excluding hydrogens is 268 g/mol. The Bertz CT molecular complexity index is 567. The number of nitrogen functional groups attached to an aromatic ring is 1. The number of nitrogens with two attached hydrogens (primary N) is 1. The second-order valence-corrected chi connectivity index (χ2v) is 6.08. The van der Waals surface area contributed by atoms with Crippen molar-refractivity contribution in [3.05, 3.63) is 36.4 Å². The quantitative estimate of drug-likeness (QED) is 0.908. The average molecular weight is 286 g/mol. The maximum atomic E-state index is 5.91. The number of rotatable bonds is 3. The Hall–Kier alpha value is -1.75. The van der Waals surface area contributed by atoms with Gasteiger partial charge in [-0.05, 0) is 18.6 Å². The molecular formula is C15H18N4S. The normalized spacial score (nSPS) is 18.7. The van der Waals surface area contributed by atoms with Gasteiger partial charge >= 0.3 is 0 Å². The molecule has 2 heterocycles. The first-order valence-electron chi connectivity index (χ1n) is 6.85. The minimum absolute atomic E-state index is 0.478. The fourth-order valence-electron chi connectivity index (χ4n) is 2.32. The van der Waals surface area contributed by atoms with Crippen LogP contribution in [-0.2, 0) is 0 Å². The molecule has 0 radical (unpaired) electrons. The molecule has 3 rings (SSSR count). The molecule has 1 aromatic heterocycles. The van der Waals surface area contributed by atoms with Gasteiger partial charge in [0.2, 0.25) is 0 Å². The molecule has 104 valence electrons. The minimum atomic E-state index is 0.478. The lowest BCUT2D eigenvalue weighted by atomic mass is 10.2. The molecule has 5 heteroatoms. The maximum Gasteiger partial charge on any atom is 0.163 e. The molecule has 0 spiro atoms. The zero-order valence-corrected chi connectivity index (χ0v) is 12.1. The van der Waals surface area contributed by atoms with Gasteiger partial charge in [0.05, 0.1) is 0 Å². The van der Waals surface area contributed by atoms with Crippen LogP contribution in [0.5, 0.6) is 0 Å². The minimum Gasteiger partial charge on any atom is -0.384 e. The van der Waals surface area contributed by atoms with Crippen LogP contribution in [0.25, 0.3) is 11.4 Å². The number of aromatic nitrogens is 2. The lowest BCUT2D eigenvalue weighted by Gasteiger charge is -2.23. The van der Waals surface area contributed by atoms with E-state index >= 15 is 0 Å². The molecule has 1 unspecified atom stereocenters. The van der Waals surface area contributed by atoms with Crippen LogP contribution in [0.1, 0.15) is 12.8 Å². The largest absolute Gasteiger partial charge is 0.384 e. The van der Waals surface area contributed by atoms with Crippen LogP contribution in [0.2, 0.25) is 0 Å². The zero-order chi connectivity index (χ0) is 13.8. The summed E-state index contributed by atoms with van der Waals surface area (Å²) in [4.78, 5) is 8.91. The standard InChI is InChI=1S/C15H18N4S/c16-13-9-14(17-12-7-4-8-20-10-12)19-15(18-13)11-5-2-1-3-6-11/h1-3,5-6,9,12H,4,7-8,10H2,(H3,16,17,18,19). The van der Waals surface area contributed by atoms with E-state index in [9.17, 15) is 0 Å². The van der Waals surface area contributed by atoms with Crippen LogP contribution in [-0.4, -0.2) is 27.5 Å². The monoisotopic (exact) mass is 286 g/mol. The van der Waals surface area contributed by atoms with Gasteiger partial charge in [0.15, 0.2) is 5.82 Å². The third kappa shape index (κ3) is 3.22. The molecule has 0 amide bonds. The molecule has 1 atom stereocenters. The highest BCUT2D eigenvalue weighted by Gasteiger charge is 2.14. The van der Waals surface area contributed by atoms with Crippen molar-refractivity contribution in [3.63, 3.8) is 0 Å². The Morgan fingerprint density at radius 3 is 2.80 bits per heavy atom. The Kier molecular flexibility index (Phi) is 4.06. The summed E-state index contributed by atoms with van der Waals surface area (Å²) in [5.74, 6) is 4.40. The van der Waals surface area contributed by atoms with Gasteiger partial charge in [0, 0.05) is 23.4 Å². The first kappa shape index (κ1) is 13.2. The summed E-state index contributed by atoms with van der Waals surface area (Å²) in [5.41, 5.74) is 6.89. The van der Waals surface area contributed by atoms with Crippen molar-refractivity contribution in [2.45, 2.75) is 18.9 Å². The number of hydrogen-bond donors (Lipinski definition) is 2. The molecule has 0 aliphatic carbocycles. The Balaban J connectivity index is 1.83. The Morgan fingerprint density at radius 1 is 1.20 bits per heavy atom. The molecule has 0 bridgehead atoms. The van der Waals surface area contributed by atoms with Crippen LogP contribution < -0.4 is 11.1 Å². The summed E-state index contributed by atoms with van der Waals surface area (Å²) in [5, 5.41) is 3.48. The lowest BCUT2D eigenvalue weighted by Crippen LogP contribution is -2.26. The number of hydrogen-bond acceptors (Lipinski definition) is 5. The van der Waals surface area contributed by atoms with Gasteiger partial charge < -0.3 is 11.1 Å². The third-order valence-corrected chi connectivity index (χ3v) is 4.51. The smallest absolute Gasteiger partial charge is 0.163 e. The molecule has 1 fully saturated rings. The predicted octanol–water partition coefficient (Wildman–Crippen LogP) is 3.03. The van der Waals surface area contributed by atoms with E-state index in [1.165, 1.54) is 18.6 Å². The second-order valence-electron chi connectivity index (χ2n) is 4.93. The van der Waals surface area contributed by atoms with Gasteiger partial charge in [-0.25, -0.2) is 9.97 Å². The summed E-state index contributed by atoms with van der Waals surface area (Å²) < 4.78 is 0. The number of nitrogens with zero attached hydrogens (tertiary/aromatic N) is 2. The van der Waals surface area contributed by atoms with Crippen LogP contribution in [0, 0.1) is 0 Å². The molecule has 1 saturated heterocycles. The molecule has 2 aromatic rings. The van der Waals surface area contributed by atoms with E-state index in [2.05, 4.69) is 15.3 Å². The highest BCUT2D eigenvalue weighted by atomic mass is 32.2. The molecule has 0 saturated carbocycles. The zero-order valence-electron chi connectivity index (χ0n) is 11.2. The average Bonchev–Trinajstić information content (AvgIpc) is 2.49.